The van der Waals surface area contributed by atoms with Gasteiger partial charge in [0.2, 0.25) is 0 Å². The highest BCUT2D eigenvalue weighted by atomic mass is 15.4. The minimum Gasteiger partial charge on any atom is -0.361 e. The molecule has 0 aromatic carbocycles. The highest BCUT2D eigenvalue weighted by Crippen LogP contribution is 2.17. The molecule has 0 bridgehead atoms. The van der Waals surface area contributed by atoms with Crippen LogP contribution in [-0.4, -0.2) is 30.5 Å². The lowest BCUT2D eigenvalue weighted by molar-refractivity contribution is 0.315. The predicted octanol–water partition coefficient (Wildman–Crippen LogP) is 1.62. The Hall–Kier alpha value is -1.19. The smallest absolute Gasteiger partial charge is 0.130 e. The van der Waals surface area contributed by atoms with E-state index >= 15 is 0 Å². The molecule has 0 saturated carbocycles. The molecule has 0 fully saturated rings. The van der Waals surface area contributed by atoms with Gasteiger partial charge in [-0.3, -0.25) is 4.99 Å². The van der Waals surface area contributed by atoms with Gasteiger partial charge in [0.05, 0.1) is 18.1 Å². The largest absolute Gasteiger partial charge is 0.361 e. The second-order valence-electron chi connectivity index (χ2n) is 4.44. The van der Waals surface area contributed by atoms with Crippen LogP contribution in [0.25, 0.3) is 0 Å². The van der Waals surface area contributed by atoms with E-state index in [-0.39, 0.29) is 0 Å². The molecule has 4 nitrogen and oxygen atoms in total. The number of nitrogens with zero attached hydrogens (tertiary/aromatic N) is 2. The van der Waals surface area contributed by atoms with E-state index in [9.17, 15) is 0 Å². The molecule has 0 amide bonds. The van der Waals surface area contributed by atoms with Crippen LogP contribution < -0.4 is 10.6 Å². The normalized spacial score (nSPS) is 23.1. The molecule has 0 aliphatic carbocycles. The minimum absolute atomic E-state index is 0.378. The fourth-order valence-electron chi connectivity index (χ4n) is 2.14. The number of hydrogen-bond acceptors (Lipinski definition) is 4. The van der Waals surface area contributed by atoms with Gasteiger partial charge < -0.3 is 15.5 Å². The quantitative estimate of drug-likeness (QED) is 0.694. The average Bonchev–Trinajstić information content (AvgIpc) is 2.73. The zero-order chi connectivity index (χ0) is 11.4. The molecule has 0 saturated heterocycles. The summed E-state index contributed by atoms with van der Waals surface area (Å²) in [5.74, 6) is 1.25. The van der Waals surface area contributed by atoms with Gasteiger partial charge in [0.1, 0.15) is 12.5 Å². The van der Waals surface area contributed by atoms with E-state index in [1.807, 2.05) is 6.21 Å². The topological polar surface area (TPSA) is 39.7 Å². The Labute approximate surface area is 97.8 Å². The zero-order valence-corrected chi connectivity index (χ0v) is 10.3. The lowest BCUT2D eigenvalue weighted by Crippen LogP contribution is -2.36. The molecule has 2 N–H and O–H groups in total. The van der Waals surface area contributed by atoms with Crippen molar-refractivity contribution in [3.63, 3.8) is 0 Å². The molecule has 0 aromatic rings. The third kappa shape index (κ3) is 2.31. The molecule has 1 unspecified atom stereocenters. The third-order valence-corrected chi connectivity index (χ3v) is 3.12. The average molecular weight is 222 g/mol. The molecule has 1 atom stereocenters. The van der Waals surface area contributed by atoms with Crippen molar-refractivity contribution in [2.24, 2.45) is 4.99 Å². The molecular formula is C12H22N4. The standard InChI is InChI=1S/C12H22N4/c1-3-5-6-7-16-9-13-8-10-12(16)15-11(4-2)14-10/h8,11,14-15H,3-7,9H2,1-2H3. The maximum Gasteiger partial charge on any atom is 0.130 e. The van der Waals surface area contributed by atoms with E-state index in [2.05, 4.69) is 34.4 Å². The zero-order valence-electron chi connectivity index (χ0n) is 10.3. The third-order valence-electron chi connectivity index (χ3n) is 3.12. The summed E-state index contributed by atoms with van der Waals surface area (Å²) in [6.45, 7) is 6.33. The summed E-state index contributed by atoms with van der Waals surface area (Å²) in [4.78, 5) is 6.73. The molecule has 2 aliphatic rings. The molecule has 0 radical (unpaired) electrons. The molecule has 2 rings (SSSR count). The van der Waals surface area contributed by atoms with Gasteiger partial charge in [0, 0.05) is 6.54 Å². The Bertz CT molecular complexity index is 295. The maximum absolute atomic E-state index is 4.39. The summed E-state index contributed by atoms with van der Waals surface area (Å²) < 4.78 is 0. The minimum atomic E-state index is 0.378. The van der Waals surface area contributed by atoms with Crippen molar-refractivity contribution >= 4 is 6.21 Å². The molecule has 2 aliphatic heterocycles. The number of aliphatic imine (C=N–C) groups is 1. The van der Waals surface area contributed by atoms with Gasteiger partial charge in [-0.25, -0.2) is 0 Å². The SMILES string of the molecule is CCCCCN1CN=CC2=C1NC(CC)N2. The monoisotopic (exact) mass is 222 g/mol. The Morgan fingerprint density at radius 2 is 2.25 bits per heavy atom. The van der Waals surface area contributed by atoms with E-state index in [4.69, 9.17) is 0 Å². The summed E-state index contributed by atoms with van der Waals surface area (Å²) >= 11 is 0. The summed E-state index contributed by atoms with van der Waals surface area (Å²) in [5, 5.41) is 6.96. The van der Waals surface area contributed by atoms with Crippen LogP contribution in [0, 0.1) is 0 Å². The van der Waals surface area contributed by atoms with Crippen LogP contribution in [0.4, 0.5) is 0 Å². The number of unbranched alkanes of at least 4 members (excludes halogenated alkanes) is 2. The first-order chi connectivity index (χ1) is 7.85. The van der Waals surface area contributed by atoms with Crippen LogP contribution in [0.1, 0.15) is 39.5 Å². The summed E-state index contributed by atoms with van der Waals surface area (Å²) in [7, 11) is 0. The maximum atomic E-state index is 4.39. The second kappa shape index (κ2) is 5.23. The number of allylic oxidation sites excluding steroid dienone is 1. The van der Waals surface area contributed by atoms with E-state index < -0.39 is 0 Å². The first-order valence-electron chi connectivity index (χ1n) is 6.37. The van der Waals surface area contributed by atoms with Crippen molar-refractivity contribution in [1.29, 1.82) is 0 Å². The van der Waals surface area contributed by atoms with Crippen LogP contribution in [0.2, 0.25) is 0 Å². The first-order valence-corrected chi connectivity index (χ1v) is 6.37. The van der Waals surface area contributed by atoms with Crippen LogP contribution in [-0.2, 0) is 0 Å². The predicted molar refractivity (Wildman–Crippen MR) is 67.0 cm³/mol. The number of rotatable bonds is 5. The number of nitrogens with one attached hydrogen (secondary N) is 2. The Kier molecular flexibility index (Phi) is 3.70. The highest BCUT2D eigenvalue weighted by Gasteiger charge is 2.25. The molecule has 4 heteroatoms. The fourth-order valence-corrected chi connectivity index (χ4v) is 2.14. The van der Waals surface area contributed by atoms with Gasteiger partial charge in [-0.05, 0) is 12.8 Å². The summed E-state index contributed by atoms with van der Waals surface area (Å²) in [6.07, 6.45) is 7.24. The van der Waals surface area contributed by atoms with Crippen LogP contribution in [0.3, 0.4) is 0 Å². The van der Waals surface area contributed by atoms with Gasteiger partial charge >= 0.3 is 0 Å². The van der Waals surface area contributed by atoms with Gasteiger partial charge in [0.15, 0.2) is 0 Å². The van der Waals surface area contributed by atoms with Gasteiger partial charge in [-0.15, -0.1) is 0 Å². The van der Waals surface area contributed by atoms with Crippen molar-refractivity contribution in [2.45, 2.75) is 45.7 Å². The highest BCUT2D eigenvalue weighted by molar-refractivity contribution is 5.80. The molecular weight excluding hydrogens is 200 g/mol. The lowest BCUT2D eigenvalue weighted by Gasteiger charge is -2.26. The Balaban J connectivity index is 1.93. The Morgan fingerprint density at radius 3 is 3.00 bits per heavy atom. The number of hydrogen-bond donors (Lipinski definition) is 2. The molecule has 0 spiro atoms. The summed E-state index contributed by atoms with van der Waals surface area (Å²) in [5.41, 5.74) is 1.16. The van der Waals surface area contributed by atoms with Gasteiger partial charge in [0.25, 0.3) is 0 Å². The van der Waals surface area contributed by atoms with Crippen molar-refractivity contribution in [3.05, 3.63) is 11.5 Å². The summed E-state index contributed by atoms with van der Waals surface area (Å²) in [6, 6.07) is 0. The second-order valence-corrected chi connectivity index (χ2v) is 4.44. The Morgan fingerprint density at radius 1 is 1.38 bits per heavy atom. The van der Waals surface area contributed by atoms with Crippen molar-refractivity contribution in [1.82, 2.24) is 15.5 Å². The van der Waals surface area contributed by atoms with Crippen LogP contribution in [0.5, 0.6) is 0 Å². The van der Waals surface area contributed by atoms with Crippen LogP contribution in [0.15, 0.2) is 16.5 Å². The van der Waals surface area contributed by atoms with Crippen molar-refractivity contribution in [3.8, 4) is 0 Å². The molecule has 90 valence electrons. The van der Waals surface area contributed by atoms with Crippen LogP contribution >= 0.6 is 0 Å². The van der Waals surface area contributed by atoms with Gasteiger partial charge in [-0.1, -0.05) is 26.7 Å². The van der Waals surface area contributed by atoms with Gasteiger partial charge in [-0.2, -0.15) is 0 Å². The fraction of sp³-hybridized carbons (Fsp3) is 0.750. The van der Waals surface area contributed by atoms with E-state index in [1.165, 1.54) is 25.1 Å². The van der Waals surface area contributed by atoms with Crippen molar-refractivity contribution < 1.29 is 0 Å². The first kappa shape index (κ1) is 11.3. The molecule has 0 aromatic heterocycles. The van der Waals surface area contributed by atoms with E-state index in [1.54, 1.807) is 0 Å². The molecule has 2 heterocycles. The molecule has 16 heavy (non-hydrogen) atoms. The van der Waals surface area contributed by atoms with E-state index in [0.717, 1.165) is 25.3 Å². The van der Waals surface area contributed by atoms with E-state index in [0.29, 0.717) is 6.17 Å². The lowest BCUT2D eigenvalue weighted by atomic mass is 10.2. The van der Waals surface area contributed by atoms with Crippen molar-refractivity contribution in [2.75, 3.05) is 13.2 Å².